The van der Waals surface area contributed by atoms with E-state index in [-0.39, 0.29) is 17.4 Å². The Labute approximate surface area is 167 Å². The summed E-state index contributed by atoms with van der Waals surface area (Å²) in [5.74, 6) is 0.0993. The molecule has 0 saturated carbocycles. The number of phenolic OH excluding ortho intramolecular Hbond substituents is 1. The molecule has 0 unspecified atom stereocenters. The molecule has 0 radical (unpaired) electrons. The largest absolute Gasteiger partial charge is 0.507 e. The van der Waals surface area contributed by atoms with E-state index in [1.807, 2.05) is 77.9 Å². The Hall–Kier alpha value is -3.06. The second-order valence-electron chi connectivity index (χ2n) is 7.73. The van der Waals surface area contributed by atoms with Crippen molar-refractivity contribution in [3.05, 3.63) is 63.7 Å². The summed E-state index contributed by atoms with van der Waals surface area (Å²) >= 11 is 0. The molecule has 2 N–H and O–H groups in total. The first-order valence-electron chi connectivity index (χ1n) is 9.51. The Morgan fingerprint density at radius 1 is 1.11 bits per heavy atom. The first kappa shape index (κ1) is 21.2. The average Bonchev–Trinajstić information content (AvgIpc) is 2.63. The van der Waals surface area contributed by atoms with Crippen LogP contribution < -0.4 is 5.32 Å². The molecular formula is C24H28N2O2. The molecule has 0 bridgehead atoms. The Morgan fingerprint density at radius 2 is 1.68 bits per heavy atom. The number of aryl methyl sites for hydroxylation is 1. The number of phenols is 1. The summed E-state index contributed by atoms with van der Waals surface area (Å²) in [6, 6.07) is 11.4. The molecule has 0 aliphatic rings. The van der Waals surface area contributed by atoms with Gasteiger partial charge in [0.05, 0.1) is 0 Å². The molecule has 0 aromatic heterocycles. The van der Waals surface area contributed by atoms with Crippen molar-refractivity contribution in [2.45, 2.75) is 53.4 Å². The van der Waals surface area contributed by atoms with E-state index in [0.717, 1.165) is 27.8 Å². The van der Waals surface area contributed by atoms with Crippen molar-refractivity contribution in [3.8, 4) is 11.8 Å². The fraction of sp³-hybridized carbons (Fsp3) is 0.333. The van der Waals surface area contributed by atoms with Crippen LogP contribution in [-0.4, -0.2) is 11.0 Å². The Kier molecular flexibility index (Phi) is 6.64. The number of carbonyl (C=O) groups is 1. The van der Waals surface area contributed by atoms with Crippen molar-refractivity contribution in [2.75, 3.05) is 5.32 Å². The van der Waals surface area contributed by atoms with E-state index in [9.17, 15) is 15.2 Å². The lowest BCUT2D eigenvalue weighted by Crippen LogP contribution is -2.14. The third-order valence-corrected chi connectivity index (χ3v) is 4.96. The number of nitriles is 1. The van der Waals surface area contributed by atoms with Crippen LogP contribution in [-0.2, 0) is 4.79 Å². The molecule has 28 heavy (non-hydrogen) atoms. The van der Waals surface area contributed by atoms with Gasteiger partial charge in [0.2, 0.25) is 0 Å². The summed E-state index contributed by atoms with van der Waals surface area (Å²) in [5, 5.41) is 22.9. The van der Waals surface area contributed by atoms with E-state index in [1.54, 1.807) is 6.08 Å². The van der Waals surface area contributed by atoms with Crippen LogP contribution in [0.4, 0.5) is 5.69 Å². The number of carbonyl (C=O) groups excluding carboxylic acids is 1. The molecular weight excluding hydrogens is 348 g/mol. The van der Waals surface area contributed by atoms with E-state index in [0.29, 0.717) is 11.4 Å². The monoisotopic (exact) mass is 376 g/mol. The van der Waals surface area contributed by atoms with Gasteiger partial charge in [-0.05, 0) is 77.8 Å². The highest BCUT2D eigenvalue weighted by atomic mass is 16.3. The minimum absolute atomic E-state index is 0.0241. The van der Waals surface area contributed by atoms with Crippen LogP contribution in [0.25, 0.3) is 6.08 Å². The van der Waals surface area contributed by atoms with Gasteiger partial charge in [-0.25, -0.2) is 0 Å². The summed E-state index contributed by atoms with van der Waals surface area (Å²) in [7, 11) is 0. The molecule has 2 aromatic rings. The van der Waals surface area contributed by atoms with Gasteiger partial charge in [-0.1, -0.05) is 39.8 Å². The number of benzene rings is 2. The molecule has 0 atom stereocenters. The second-order valence-corrected chi connectivity index (χ2v) is 7.73. The lowest BCUT2D eigenvalue weighted by molar-refractivity contribution is -0.112. The summed E-state index contributed by atoms with van der Waals surface area (Å²) in [6.45, 7) is 11.9. The molecule has 0 heterocycles. The average molecular weight is 377 g/mol. The minimum atomic E-state index is -0.443. The molecule has 0 spiro atoms. The fourth-order valence-electron chi connectivity index (χ4n) is 3.06. The maximum atomic E-state index is 12.7. The number of hydrogen-bond acceptors (Lipinski definition) is 3. The lowest BCUT2D eigenvalue weighted by Gasteiger charge is -2.16. The van der Waals surface area contributed by atoms with Gasteiger partial charge in [0.25, 0.3) is 5.91 Å². The van der Waals surface area contributed by atoms with Crippen LogP contribution in [0.5, 0.6) is 5.75 Å². The van der Waals surface area contributed by atoms with Crippen molar-refractivity contribution >= 4 is 17.7 Å². The molecule has 0 saturated heterocycles. The summed E-state index contributed by atoms with van der Waals surface area (Å²) in [5.41, 5.74) is 5.12. The van der Waals surface area contributed by atoms with Crippen LogP contribution in [0.2, 0.25) is 0 Å². The van der Waals surface area contributed by atoms with E-state index in [1.165, 1.54) is 0 Å². The topological polar surface area (TPSA) is 73.1 Å². The van der Waals surface area contributed by atoms with Gasteiger partial charge in [-0.3, -0.25) is 4.79 Å². The fourth-order valence-corrected chi connectivity index (χ4v) is 3.06. The molecule has 0 aliphatic heterocycles. The molecule has 2 aromatic carbocycles. The highest BCUT2D eigenvalue weighted by molar-refractivity contribution is 6.10. The van der Waals surface area contributed by atoms with E-state index in [4.69, 9.17) is 0 Å². The number of aromatic hydroxyl groups is 1. The van der Waals surface area contributed by atoms with Gasteiger partial charge in [0, 0.05) is 5.69 Å². The van der Waals surface area contributed by atoms with Crippen LogP contribution in [0, 0.1) is 25.2 Å². The smallest absolute Gasteiger partial charge is 0.266 e. The second kappa shape index (κ2) is 8.75. The van der Waals surface area contributed by atoms with Gasteiger partial charge in [-0.2, -0.15) is 5.26 Å². The van der Waals surface area contributed by atoms with Crippen molar-refractivity contribution in [1.29, 1.82) is 5.26 Å². The zero-order valence-corrected chi connectivity index (χ0v) is 17.4. The molecule has 4 heteroatoms. The van der Waals surface area contributed by atoms with E-state index < -0.39 is 5.91 Å². The van der Waals surface area contributed by atoms with Gasteiger partial charge >= 0.3 is 0 Å². The quantitative estimate of drug-likeness (QED) is 0.511. The standard InChI is InChI=1S/C24H28N2O2/c1-14(2)20-11-18(12-21(15(3)4)23(20)27)10-19(13-25)24(28)26-22-9-7-8-16(5)17(22)6/h7-12,14-15,27H,1-6H3,(H,26,28)/b19-10+. The van der Waals surface area contributed by atoms with E-state index >= 15 is 0 Å². The van der Waals surface area contributed by atoms with Crippen LogP contribution in [0.15, 0.2) is 35.9 Å². The van der Waals surface area contributed by atoms with Crippen LogP contribution in [0.1, 0.15) is 67.3 Å². The summed E-state index contributed by atoms with van der Waals surface area (Å²) < 4.78 is 0. The molecule has 1 amide bonds. The van der Waals surface area contributed by atoms with E-state index in [2.05, 4.69) is 5.32 Å². The first-order chi connectivity index (χ1) is 13.1. The van der Waals surface area contributed by atoms with Gasteiger partial charge in [0.15, 0.2) is 0 Å². The molecule has 0 aliphatic carbocycles. The zero-order valence-electron chi connectivity index (χ0n) is 17.4. The maximum Gasteiger partial charge on any atom is 0.266 e. The van der Waals surface area contributed by atoms with Gasteiger partial charge in [0.1, 0.15) is 17.4 Å². The van der Waals surface area contributed by atoms with Crippen molar-refractivity contribution in [1.82, 2.24) is 0 Å². The van der Waals surface area contributed by atoms with Crippen molar-refractivity contribution in [3.63, 3.8) is 0 Å². The number of nitrogens with one attached hydrogen (secondary N) is 1. The summed E-state index contributed by atoms with van der Waals surface area (Å²) in [6.07, 6.45) is 1.58. The maximum absolute atomic E-state index is 12.7. The third kappa shape index (κ3) is 4.61. The third-order valence-electron chi connectivity index (χ3n) is 4.96. The number of amides is 1. The normalized spacial score (nSPS) is 11.6. The van der Waals surface area contributed by atoms with Crippen LogP contribution >= 0.6 is 0 Å². The highest BCUT2D eigenvalue weighted by Crippen LogP contribution is 2.35. The van der Waals surface area contributed by atoms with Gasteiger partial charge < -0.3 is 10.4 Å². The SMILES string of the molecule is Cc1cccc(NC(=O)/C(C#N)=C/c2cc(C(C)C)c(O)c(C(C)C)c2)c1C. The van der Waals surface area contributed by atoms with Gasteiger partial charge in [-0.15, -0.1) is 0 Å². The Bertz CT molecular complexity index is 934. The Balaban J connectivity index is 2.45. The lowest BCUT2D eigenvalue weighted by atomic mass is 9.91. The molecule has 0 fully saturated rings. The first-order valence-corrected chi connectivity index (χ1v) is 9.51. The Morgan fingerprint density at radius 3 is 2.18 bits per heavy atom. The number of nitrogens with zero attached hydrogens (tertiary/aromatic N) is 1. The summed E-state index contributed by atoms with van der Waals surface area (Å²) in [4.78, 5) is 12.7. The van der Waals surface area contributed by atoms with Crippen molar-refractivity contribution in [2.24, 2.45) is 0 Å². The van der Waals surface area contributed by atoms with Crippen LogP contribution in [0.3, 0.4) is 0 Å². The van der Waals surface area contributed by atoms with Crippen molar-refractivity contribution < 1.29 is 9.90 Å². The predicted octanol–water partition coefficient (Wildman–Crippen LogP) is 5.80. The molecule has 2 rings (SSSR count). The minimum Gasteiger partial charge on any atom is -0.507 e. The highest BCUT2D eigenvalue weighted by Gasteiger charge is 2.16. The molecule has 146 valence electrons. The number of anilines is 1. The number of hydrogen-bond donors (Lipinski definition) is 2. The molecule has 4 nitrogen and oxygen atoms in total. The predicted molar refractivity (Wildman–Crippen MR) is 114 cm³/mol. The number of rotatable bonds is 5. The zero-order chi connectivity index (χ0) is 21.0.